The molecule has 7 heteroatoms. The van der Waals surface area contributed by atoms with Crippen LogP contribution in [0.15, 0.2) is 0 Å². The normalized spacial score (nSPS) is 17.5. The van der Waals surface area contributed by atoms with Gasteiger partial charge in [-0.25, -0.2) is 0 Å². The van der Waals surface area contributed by atoms with Gasteiger partial charge in [-0.15, -0.1) is 0 Å². The third kappa shape index (κ3) is 22.1. The Kier molecular flexibility index (Phi) is 33.6. The van der Waals surface area contributed by atoms with E-state index in [-0.39, 0.29) is 13.2 Å². The van der Waals surface area contributed by atoms with Crippen molar-refractivity contribution in [1.29, 1.82) is 0 Å². The van der Waals surface area contributed by atoms with Crippen LogP contribution in [0.3, 0.4) is 0 Å². The second-order valence-corrected chi connectivity index (χ2v) is 4.82. The zero-order chi connectivity index (χ0) is 19.1. The van der Waals surface area contributed by atoms with E-state index in [1.165, 1.54) is 0 Å². The first kappa shape index (κ1) is 28.9. The highest BCUT2D eigenvalue weighted by Gasteiger charge is 2.08. The Bertz CT molecular complexity index is 203. The van der Waals surface area contributed by atoms with E-state index >= 15 is 0 Å². The van der Waals surface area contributed by atoms with E-state index < -0.39 is 0 Å². The predicted molar refractivity (Wildman–Crippen MR) is 110 cm³/mol. The number of likely N-dealkylation sites (N-methyl/N-ethyl adjacent to an activating group) is 1. The molecule has 0 atom stereocenters. The van der Waals surface area contributed by atoms with E-state index in [2.05, 4.69) is 40.0 Å². The van der Waals surface area contributed by atoms with Crippen molar-refractivity contribution >= 4 is 12.6 Å². The molecule has 0 amide bonds. The first-order valence-electron chi connectivity index (χ1n) is 9.31. The summed E-state index contributed by atoms with van der Waals surface area (Å²) in [5, 5.41) is 23.5. The molecule has 1 rings (SSSR count). The van der Waals surface area contributed by atoms with Crippen molar-refractivity contribution in [3.63, 3.8) is 0 Å². The topological polar surface area (TPSA) is 71.0 Å². The van der Waals surface area contributed by atoms with Gasteiger partial charge in [0.1, 0.15) is 0 Å². The van der Waals surface area contributed by atoms with E-state index in [9.17, 15) is 0 Å². The van der Waals surface area contributed by atoms with E-state index in [1.807, 2.05) is 13.8 Å². The van der Waals surface area contributed by atoms with Crippen LogP contribution in [-0.4, -0.2) is 105 Å². The van der Waals surface area contributed by atoms with E-state index in [4.69, 9.17) is 10.2 Å². The largest absolute Gasteiger partial charge is 0.397 e. The Labute approximate surface area is 156 Å². The van der Waals surface area contributed by atoms with Crippen molar-refractivity contribution in [2.45, 2.75) is 27.7 Å². The summed E-state index contributed by atoms with van der Waals surface area (Å²) in [7, 11) is 0. The molecule has 1 heterocycles. The number of nitrogens with zero attached hydrogens (tertiary/aromatic N) is 2. The lowest BCUT2D eigenvalue weighted by molar-refractivity contribution is 0.169. The summed E-state index contributed by atoms with van der Waals surface area (Å²) in [5.41, 5.74) is 0. The molecule has 0 aromatic rings. The average molecular weight is 369 g/mol. The maximum Gasteiger partial charge on any atom is 0.0558 e. The Morgan fingerprint density at radius 1 is 0.792 bits per heavy atom. The summed E-state index contributed by atoms with van der Waals surface area (Å²) in [6.07, 6.45) is 1.69. The number of hydrogen-bond acceptors (Lipinski definition) is 7. The molecule has 0 spiro atoms. The zero-order valence-corrected chi connectivity index (χ0v) is 17.6. The zero-order valence-electron chi connectivity index (χ0n) is 16.7. The molecule has 0 radical (unpaired) electrons. The fraction of sp³-hybridized carbons (Fsp3) is 1.00. The highest BCUT2D eigenvalue weighted by atomic mass is 32.1. The highest BCUT2D eigenvalue weighted by molar-refractivity contribution is 7.79. The molecule has 0 aromatic carbocycles. The number of rotatable bonds is 3. The molecule has 1 aliphatic heterocycles. The Morgan fingerprint density at radius 2 is 1.21 bits per heavy atom. The lowest BCUT2D eigenvalue weighted by atomic mass is 10.3. The molecular weight excluding hydrogens is 324 g/mol. The van der Waals surface area contributed by atoms with Crippen LogP contribution in [0.4, 0.5) is 0 Å². The Morgan fingerprint density at radius 3 is 1.62 bits per heavy atom. The third-order valence-corrected chi connectivity index (χ3v) is 3.28. The molecule has 0 aliphatic carbocycles. The maximum absolute atomic E-state index is 9.04. The number of thiol groups is 1. The maximum atomic E-state index is 9.04. The SMILES string of the molecule is CC.CCN1CCNCCNCCN(CCO)CC1.CCO.CS. The summed E-state index contributed by atoms with van der Waals surface area (Å²) in [6, 6.07) is 0. The van der Waals surface area contributed by atoms with Crippen LogP contribution in [0.1, 0.15) is 27.7 Å². The molecule has 150 valence electrons. The molecule has 24 heavy (non-hydrogen) atoms. The predicted octanol–water partition coefficient (Wildman–Crippen LogP) is 0.366. The minimum atomic E-state index is 0.250. The summed E-state index contributed by atoms with van der Waals surface area (Å²) in [6.45, 7) is 18.7. The van der Waals surface area contributed by atoms with Gasteiger partial charge in [0.25, 0.3) is 0 Å². The molecule has 0 aromatic heterocycles. The second kappa shape index (κ2) is 27.9. The van der Waals surface area contributed by atoms with Gasteiger partial charge in [-0.2, -0.15) is 12.6 Å². The van der Waals surface area contributed by atoms with Crippen LogP contribution in [0, 0.1) is 0 Å². The van der Waals surface area contributed by atoms with E-state index in [1.54, 1.807) is 13.2 Å². The smallest absolute Gasteiger partial charge is 0.0558 e. The van der Waals surface area contributed by atoms with Crippen molar-refractivity contribution in [2.24, 2.45) is 0 Å². The average Bonchev–Trinajstić information content (AvgIpc) is 2.62. The van der Waals surface area contributed by atoms with Crippen LogP contribution in [-0.2, 0) is 0 Å². The molecule has 0 unspecified atom stereocenters. The molecule has 0 bridgehead atoms. The van der Waals surface area contributed by atoms with Crippen LogP contribution < -0.4 is 10.6 Å². The molecule has 6 nitrogen and oxygen atoms in total. The van der Waals surface area contributed by atoms with Gasteiger partial charge in [0.15, 0.2) is 0 Å². The van der Waals surface area contributed by atoms with Crippen molar-refractivity contribution in [1.82, 2.24) is 20.4 Å². The minimum absolute atomic E-state index is 0.250. The Hall–Kier alpha value is 0.110. The van der Waals surface area contributed by atoms with Gasteiger partial charge < -0.3 is 25.7 Å². The highest BCUT2D eigenvalue weighted by Crippen LogP contribution is 1.92. The number of β-amino-alcohol motifs (C(OH)–C–C–N with tert-alkyl or cyclic N) is 1. The van der Waals surface area contributed by atoms with Gasteiger partial charge in [0.2, 0.25) is 0 Å². The number of aliphatic hydroxyl groups excluding tert-OH is 2. The lowest BCUT2D eigenvalue weighted by Gasteiger charge is -2.27. The Balaban J connectivity index is -0.000000549. The minimum Gasteiger partial charge on any atom is -0.397 e. The van der Waals surface area contributed by atoms with Crippen LogP contribution >= 0.6 is 12.6 Å². The van der Waals surface area contributed by atoms with Gasteiger partial charge in [0, 0.05) is 65.5 Å². The summed E-state index contributed by atoms with van der Waals surface area (Å²) in [5.74, 6) is 0. The quantitative estimate of drug-likeness (QED) is 0.464. The van der Waals surface area contributed by atoms with Crippen LogP contribution in [0.2, 0.25) is 0 Å². The van der Waals surface area contributed by atoms with E-state index in [0.29, 0.717) is 0 Å². The van der Waals surface area contributed by atoms with Gasteiger partial charge >= 0.3 is 0 Å². The monoisotopic (exact) mass is 368 g/mol. The fourth-order valence-corrected chi connectivity index (χ4v) is 2.09. The fourth-order valence-electron chi connectivity index (χ4n) is 2.09. The number of hydrogen-bond donors (Lipinski definition) is 5. The van der Waals surface area contributed by atoms with Gasteiger partial charge in [-0.3, -0.25) is 4.90 Å². The van der Waals surface area contributed by atoms with Crippen molar-refractivity contribution < 1.29 is 10.2 Å². The summed E-state index contributed by atoms with van der Waals surface area (Å²) >= 11 is 3.53. The van der Waals surface area contributed by atoms with Crippen molar-refractivity contribution in [3.8, 4) is 0 Å². The van der Waals surface area contributed by atoms with Gasteiger partial charge in [0.05, 0.1) is 6.61 Å². The van der Waals surface area contributed by atoms with Crippen LogP contribution in [0.25, 0.3) is 0 Å². The molecule has 4 N–H and O–H groups in total. The summed E-state index contributed by atoms with van der Waals surface area (Å²) < 4.78 is 0. The van der Waals surface area contributed by atoms with Crippen molar-refractivity contribution in [2.75, 3.05) is 84.9 Å². The first-order chi connectivity index (χ1) is 11.8. The second-order valence-electron chi connectivity index (χ2n) is 4.82. The van der Waals surface area contributed by atoms with Gasteiger partial charge in [-0.05, 0) is 19.7 Å². The molecule has 0 saturated carbocycles. The third-order valence-electron chi connectivity index (χ3n) is 3.28. The van der Waals surface area contributed by atoms with Crippen LogP contribution in [0.5, 0.6) is 0 Å². The standard InChI is InChI=1S/C12H28N4O.C2H6O.C2H6.CH4S/c1-2-15-7-5-13-3-4-14-6-8-16(10-9-15)11-12-17;1-2-3;2*1-2/h13-14,17H,2-12H2,1H3;3H,2H2,1H3;1-2H3;2H,1H3. The summed E-state index contributed by atoms with van der Waals surface area (Å²) in [4.78, 5) is 4.80. The molecule has 1 fully saturated rings. The molecular formula is C17H44N4O2S. The lowest BCUT2D eigenvalue weighted by Crippen LogP contribution is -2.44. The van der Waals surface area contributed by atoms with E-state index in [0.717, 1.165) is 65.4 Å². The number of nitrogens with one attached hydrogen (secondary N) is 2. The van der Waals surface area contributed by atoms with Crippen molar-refractivity contribution in [3.05, 3.63) is 0 Å². The first-order valence-corrected chi connectivity index (χ1v) is 10.2. The molecule has 1 aliphatic rings. The number of aliphatic hydroxyl groups is 2. The van der Waals surface area contributed by atoms with Gasteiger partial charge in [-0.1, -0.05) is 20.8 Å². The molecule has 1 saturated heterocycles.